The van der Waals surface area contributed by atoms with E-state index in [1.165, 1.54) is 6.07 Å². The number of aryl methyl sites for hydroxylation is 1. The highest BCUT2D eigenvalue weighted by molar-refractivity contribution is 5.85. The summed E-state index contributed by atoms with van der Waals surface area (Å²) >= 11 is 0. The van der Waals surface area contributed by atoms with Gasteiger partial charge >= 0.3 is 0 Å². The number of benzene rings is 1. The van der Waals surface area contributed by atoms with Gasteiger partial charge in [-0.05, 0) is 19.4 Å². The van der Waals surface area contributed by atoms with Crippen molar-refractivity contribution in [2.24, 2.45) is 5.73 Å². The average Bonchev–Trinajstić information content (AvgIpc) is 2.16. The number of aliphatic hydroxyl groups excluding tert-OH is 1. The lowest BCUT2D eigenvalue weighted by Gasteiger charge is -2.14. The summed E-state index contributed by atoms with van der Waals surface area (Å²) in [4.78, 5) is 10.2. The van der Waals surface area contributed by atoms with Gasteiger partial charge in [0.05, 0.1) is 17.1 Å². The maximum atomic E-state index is 10.7. The van der Waals surface area contributed by atoms with Gasteiger partial charge in [0.1, 0.15) is 0 Å². The van der Waals surface area contributed by atoms with Crippen LogP contribution in [0.5, 0.6) is 0 Å². The zero-order chi connectivity index (χ0) is 11.6. The minimum Gasteiger partial charge on any atom is -0.391 e. The Morgan fingerprint density at radius 2 is 2.06 bits per heavy atom. The predicted molar refractivity (Wildman–Crippen MR) is 63.7 cm³/mol. The fourth-order valence-electron chi connectivity index (χ4n) is 1.31. The molecule has 0 saturated heterocycles. The molecule has 6 heteroatoms. The van der Waals surface area contributed by atoms with Crippen molar-refractivity contribution in [3.63, 3.8) is 0 Å². The summed E-state index contributed by atoms with van der Waals surface area (Å²) in [7, 11) is 0. The van der Waals surface area contributed by atoms with Gasteiger partial charge in [-0.2, -0.15) is 0 Å². The monoisotopic (exact) mass is 246 g/mol. The largest absolute Gasteiger partial charge is 0.391 e. The fraction of sp³-hybridized carbons (Fsp3) is 0.400. The summed E-state index contributed by atoms with van der Waals surface area (Å²) < 4.78 is 0. The summed E-state index contributed by atoms with van der Waals surface area (Å²) in [5.41, 5.74) is 6.87. The first kappa shape index (κ1) is 14.8. The number of nitro groups is 1. The van der Waals surface area contributed by atoms with Gasteiger partial charge in [-0.1, -0.05) is 12.1 Å². The molecule has 0 aliphatic rings. The van der Waals surface area contributed by atoms with Crippen molar-refractivity contribution in [2.45, 2.75) is 26.0 Å². The molecule has 2 atom stereocenters. The van der Waals surface area contributed by atoms with E-state index in [0.717, 1.165) is 0 Å². The van der Waals surface area contributed by atoms with Crippen molar-refractivity contribution >= 4 is 18.1 Å². The van der Waals surface area contributed by atoms with E-state index in [1.807, 2.05) is 0 Å². The van der Waals surface area contributed by atoms with Gasteiger partial charge in [0.25, 0.3) is 5.69 Å². The van der Waals surface area contributed by atoms with E-state index in [9.17, 15) is 15.2 Å². The van der Waals surface area contributed by atoms with Gasteiger partial charge in [0.15, 0.2) is 0 Å². The molecule has 0 saturated carbocycles. The molecule has 0 unspecified atom stereocenters. The molecule has 16 heavy (non-hydrogen) atoms. The molecule has 0 spiro atoms. The summed E-state index contributed by atoms with van der Waals surface area (Å²) in [5, 5.41) is 19.9. The Labute approximate surface area is 99.8 Å². The highest BCUT2D eigenvalue weighted by atomic mass is 35.5. The average molecular weight is 247 g/mol. The molecule has 0 aliphatic heterocycles. The molecular weight excluding hydrogens is 232 g/mol. The van der Waals surface area contributed by atoms with Crippen molar-refractivity contribution in [3.05, 3.63) is 39.4 Å². The van der Waals surface area contributed by atoms with Gasteiger partial charge in [0, 0.05) is 11.6 Å². The Morgan fingerprint density at radius 3 is 2.50 bits per heavy atom. The maximum absolute atomic E-state index is 10.7. The highest BCUT2D eigenvalue weighted by Crippen LogP contribution is 2.23. The van der Waals surface area contributed by atoms with E-state index >= 15 is 0 Å². The lowest BCUT2D eigenvalue weighted by Crippen LogP contribution is -2.23. The van der Waals surface area contributed by atoms with Crippen LogP contribution in [0.2, 0.25) is 0 Å². The molecule has 1 aromatic carbocycles. The third kappa shape index (κ3) is 3.16. The lowest BCUT2D eigenvalue weighted by atomic mass is 10.0. The van der Waals surface area contributed by atoms with Crippen LogP contribution in [0.1, 0.15) is 24.1 Å². The number of aliphatic hydroxyl groups is 1. The zero-order valence-corrected chi connectivity index (χ0v) is 9.90. The summed E-state index contributed by atoms with van der Waals surface area (Å²) in [6.07, 6.45) is -0.729. The molecule has 0 fully saturated rings. The molecule has 1 aromatic rings. The van der Waals surface area contributed by atoms with E-state index in [4.69, 9.17) is 5.73 Å². The fourth-order valence-corrected chi connectivity index (χ4v) is 1.31. The number of hydrogen-bond donors (Lipinski definition) is 2. The van der Waals surface area contributed by atoms with Crippen LogP contribution >= 0.6 is 12.4 Å². The topological polar surface area (TPSA) is 89.4 Å². The van der Waals surface area contributed by atoms with Crippen LogP contribution in [-0.4, -0.2) is 16.1 Å². The first-order valence-corrected chi connectivity index (χ1v) is 4.62. The second-order valence-corrected chi connectivity index (χ2v) is 3.57. The molecule has 0 radical (unpaired) electrons. The second kappa shape index (κ2) is 5.79. The predicted octanol–water partition coefficient (Wildman–Crippen LogP) is 1.71. The normalized spacial score (nSPS) is 13.8. The Hall–Kier alpha value is -1.17. The quantitative estimate of drug-likeness (QED) is 0.628. The standard InChI is InChI=1S/C10H14N2O3.ClH/c1-6-3-4-8(10(11)7(2)13)5-9(6)12(14)15;/h3-5,7,10,13H,11H2,1-2H3;1H/t7-,10-;/m1./s1. The van der Waals surface area contributed by atoms with Crippen LogP contribution < -0.4 is 5.73 Å². The number of nitrogens with two attached hydrogens (primary N) is 1. The van der Waals surface area contributed by atoms with Crippen molar-refractivity contribution < 1.29 is 10.0 Å². The van der Waals surface area contributed by atoms with Gasteiger partial charge in [-0.3, -0.25) is 10.1 Å². The Bertz CT molecular complexity index is 382. The molecule has 0 heterocycles. The van der Waals surface area contributed by atoms with Crippen LogP contribution in [0.4, 0.5) is 5.69 Å². The second-order valence-electron chi connectivity index (χ2n) is 3.57. The third-order valence-corrected chi connectivity index (χ3v) is 2.33. The maximum Gasteiger partial charge on any atom is 0.272 e. The molecule has 0 aliphatic carbocycles. The van der Waals surface area contributed by atoms with Crippen molar-refractivity contribution in [3.8, 4) is 0 Å². The Kier molecular flexibility index (Phi) is 5.37. The van der Waals surface area contributed by atoms with Gasteiger partial charge in [-0.25, -0.2) is 0 Å². The summed E-state index contributed by atoms with van der Waals surface area (Å²) in [6.45, 7) is 3.21. The summed E-state index contributed by atoms with van der Waals surface area (Å²) in [5.74, 6) is 0. The SMILES string of the molecule is Cc1ccc([C@H](N)[C@@H](C)O)cc1[N+](=O)[O-].Cl. The first-order chi connectivity index (χ1) is 6.93. The lowest BCUT2D eigenvalue weighted by molar-refractivity contribution is -0.385. The van der Waals surface area contributed by atoms with E-state index in [-0.39, 0.29) is 18.1 Å². The molecule has 0 amide bonds. The number of halogens is 1. The first-order valence-electron chi connectivity index (χ1n) is 4.62. The van der Waals surface area contributed by atoms with E-state index in [1.54, 1.807) is 26.0 Å². The number of nitro benzene ring substituents is 1. The smallest absolute Gasteiger partial charge is 0.272 e. The Morgan fingerprint density at radius 1 is 1.50 bits per heavy atom. The summed E-state index contributed by atoms with van der Waals surface area (Å²) in [6, 6.07) is 4.14. The minimum atomic E-state index is -0.729. The van der Waals surface area contributed by atoms with Crippen molar-refractivity contribution in [2.75, 3.05) is 0 Å². The van der Waals surface area contributed by atoms with Crippen molar-refractivity contribution in [1.29, 1.82) is 0 Å². The molecule has 1 rings (SSSR count). The molecule has 90 valence electrons. The minimum absolute atomic E-state index is 0. The van der Waals surface area contributed by atoms with Crippen LogP contribution in [0, 0.1) is 17.0 Å². The van der Waals surface area contributed by atoms with Crippen molar-refractivity contribution in [1.82, 2.24) is 0 Å². The van der Waals surface area contributed by atoms with Gasteiger partial charge in [0.2, 0.25) is 0 Å². The van der Waals surface area contributed by atoms with Gasteiger partial charge in [-0.15, -0.1) is 12.4 Å². The molecule has 3 N–H and O–H groups in total. The third-order valence-electron chi connectivity index (χ3n) is 2.33. The number of rotatable bonds is 3. The van der Waals surface area contributed by atoms with E-state index < -0.39 is 17.1 Å². The van der Waals surface area contributed by atoms with Crippen LogP contribution in [0.3, 0.4) is 0 Å². The van der Waals surface area contributed by atoms with Crippen LogP contribution in [0.15, 0.2) is 18.2 Å². The Balaban J connectivity index is 0.00000225. The van der Waals surface area contributed by atoms with Crippen LogP contribution in [0.25, 0.3) is 0 Å². The molecule has 0 aromatic heterocycles. The van der Waals surface area contributed by atoms with E-state index in [2.05, 4.69) is 0 Å². The molecule has 0 bridgehead atoms. The van der Waals surface area contributed by atoms with Gasteiger partial charge < -0.3 is 10.8 Å². The molecule has 5 nitrogen and oxygen atoms in total. The highest BCUT2D eigenvalue weighted by Gasteiger charge is 2.17. The van der Waals surface area contributed by atoms with Crippen LogP contribution in [-0.2, 0) is 0 Å². The zero-order valence-electron chi connectivity index (χ0n) is 9.08. The number of nitrogens with zero attached hydrogens (tertiary/aromatic N) is 1. The number of hydrogen-bond acceptors (Lipinski definition) is 4. The molecular formula is C10H15ClN2O3. The van der Waals surface area contributed by atoms with E-state index in [0.29, 0.717) is 11.1 Å².